The van der Waals surface area contributed by atoms with Crippen molar-refractivity contribution in [1.29, 1.82) is 0 Å². The topological polar surface area (TPSA) is 105 Å². The van der Waals surface area contributed by atoms with Crippen LogP contribution < -0.4 is 25.3 Å². The fourth-order valence-electron chi connectivity index (χ4n) is 2.60. The Labute approximate surface area is 160 Å². The first-order valence-electron chi connectivity index (χ1n) is 8.28. The first-order valence-corrected chi connectivity index (χ1v) is 8.28. The number of hydrogen-bond acceptors (Lipinski definition) is 7. The van der Waals surface area contributed by atoms with E-state index >= 15 is 0 Å². The zero-order valence-electron chi connectivity index (χ0n) is 15.6. The lowest BCUT2D eigenvalue weighted by atomic mass is 10.2. The summed E-state index contributed by atoms with van der Waals surface area (Å²) in [4.78, 5) is 24.6. The lowest BCUT2D eigenvalue weighted by Gasteiger charge is -2.12. The smallest absolute Gasteiger partial charge is 0.442 e. The highest BCUT2D eigenvalue weighted by Crippen LogP contribution is 2.29. The van der Waals surface area contributed by atoms with Crippen LogP contribution in [0.5, 0.6) is 17.2 Å². The number of anilines is 1. The summed E-state index contributed by atoms with van der Waals surface area (Å²) in [5.74, 6) is 0.717. The number of carbonyl (C=O) groups excluding carboxylic acids is 1. The van der Waals surface area contributed by atoms with E-state index in [0.29, 0.717) is 28.5 Å². The van der Waals surface area contributed by atoms with Crippen LogP contribution in [-0.2, 0) is 11.3 Å². The highest BCUT2D eigenvalue weighted by Gasteiger charge is 2.17. The van der Waals surface area contributed by atoms with Gasteiger partial charge in [-0.25, -0.2) is 9.36 Å². The Morgan fingerprint density at radius 3 is 2.36 bits per heavy atom. The maximum Gasteiger partial charge on any atom is 0.442 e. The molecule has 2 aromatic carbocycles. The second-order valence-corrected chi connectivity index (χ2v) is 5.70. The summed E-state index contributed by atoms with van der Waals surface area (Å²) in [5, 5.41) is 6.48. The lowest BCUT2D eigenvalue weighted by Crippen LogP contribution is -2.25. The predicted molar refractivity (Wildman–Crippen MR) is 101 cm³/mol. The zero-order chi connectivity index (χ0) is 20.1. The molecule has 0 radical (unpaired) electrons. The third-order valence-electron chi connectivity index (χ3n) is 4.02. The van der Waals surface area contributed by atoms with Crippen LogP contribution in [0, 0.1) is 0 Å². The minimum Gasteiger partial charge on any atom is -0.497 e. The van der Waals surface area contributed by atoms with Gasteiger partial charge in [0.15, 0.2) is 5.82 Å². The third kappa shape index (κ3) is 3.98. The largest absolute Gasteiger partial charge is 0.497 e. The lowest BCUT2D eigenvalue weighted by molar-refractivity contribution is -0.116. The van der Waals surface area contributed by atoms with Gasteiger partial charge < -0.3 is 19.5 Å². The SMILES string of the molecule is COc1ccc(-c2noc(=O)n2CC(=O)Nc2cc(OC)ccc2OC)cc1. The van der Waals surface area contributed by atoms with Gasteiger partial charge in [0.25, 0.3) is 0 Å². The number of benzene rings is 2. The van der Waals surface area contributed by atoms with E-state index in [1.54, 1.807) is 49.6 Å². The summed E-state index contributed by atoms with van der Waals surface area (Å²) in [6.45, 7) is -0.288. The normalized spacial score (nSPS) is 10.4. The summed E-state index contributed by atoms with van der Waals surface area (Å²) in [5.41, 5.74) is 1.03. The van der Waals surface area contributed by atoms with Gasteiger partial charge in [0.2, 0.25) is 5.91 Å². The molecule has 0 saturated carbocycles. The van der Waals surface area contributed by atoms with Crippen LogP contribution in [0.1, 0.15) is 0 Å². The monoisotopic (exact) mass is 385 g/mol. The van der Waals surface area contributed by atoms with Crippen LogP contribution in [0.15, 0.2) is 51.8 Å². The Morgan fingerprint density at radius 2 is 1.71 bits per heavy atom. The fourth-order valence-corrected chi connectivity index (χ4v) is 2.60. The number of nitrogens with zero attached hydrogens (tertiary/aromatic N) is 2. The zero-order valence-corrected chi connectivity index (χ0v) is 15.6. The van der Waals surface area contributed by atoms with E-state index in [1.165, 1.54) is 14.2 Å². The van der Waals surface area contributed by atoms with Crippen molar-refractivity contribution in [2.45, 2.75) is 6.54 Å². The second kappa shape index (κ2) is 8.30. The molecule has 0 spiro atoms. The molecule has 0 atom stereocenters. The Balaban J connectivity index is 1.83. The highest BCUT2D eigenvalue weighted by atomic mass is 16.5. The number of rotatable bonds is 7. The minimum absolute atomic E-state index is 0.236. The molecule has 146 valence electrons. The Morgan fingerprint density at radius 1 is 1.04 bits per heavy atom. The van der Waals surface area contributed by atoms with Crippen molar-refractivity contribution in [2.24, 2.45) is 0 Å². The van der Waals surface area contributed by atoms with Gasteiger partial charge in [0, 0.05) is 11.6 Å². The molecule has 0 fully saturated rings. The molecule has 9 heteroatoms. The molecule has 1 N–H and O–H groups in total. The standard InChI is InChI=1S/C19H19N3O6/c1-25-13-6-4-12(5-7-13)18-21-28-19(24)22(18)11-17(23)20-15-10-14(26-2)8-9-16(15)27-3/h4-10H,11H2,1-3H3,(H,20,23). The van der Waals surface area contributed by atoms with Gasteiger partial charge in [0.1, 0.15) is 23.8 Å². The molecule has 0 unspecified atom stereocenters. The van der Waals surface area contributed by atoms with E-state index in [9.17, 15) is 9.59 Å². The summed E-state index contributed by atoms with van der Waals surface area (Å²) >= 11 is 0. The Hall–Kier alpha value is -3.75. The Kier molecular flexibility index (Phi) is 5.64. The minimum atomic E-state index is -0.737. The maximum atomic E-state index is 12.5. The molecule has 0 aliphatic rings. The molecule has 3 aromatic rings. The predicted octanol–water partition coefficient (Wildman–Crippen LogP) is 2.17. The summed E-state index contributed by atoms with van der Waals surface area (Å²) in [6.07, 6.45) is 0. The number of ether oxygens (including phenoxy) is 3. The average molecular weight is 385 g/mol. The molecule has 0 saturated heterocycles. The van der Waals surface area contributed by atoms with Crippen molar-refractivity contribution in [1.82, 2.24) is 9.72 Å². The van der Waals surface area contributed by atoms with E-state index in [4.69, 9.17) is 18.7 Å². The van der Waals surface area contributed by atoms with E-state index in [0.717, 1.165) is 4.57 Å². The van der Waals surface area contributed by atoms with Crippen LogP contribution in [0.2, 0.25) is 0 Å². The number of carbonyl (C=O) groups is 1. The van der Waals surface area contributed by atoms with Crippen LogP contribution >= 0.6 is 0 Å². The van der Waals surface area contributed by atoms with Crippen molar-refractivity contribution < 1.29 is 23.5 Å². The van der Waals surface area contributed by atoms with E-state index in [2.05, 4.69) is 10.5 Å². The molecule has 3 rings (SSSR count). The van der Waals surface area contributed by atoms with Gasteiger partial charge in [-0.15, -0.1) is 0 Å². The van der Waals surface area contributed by atoms with Crippen LogP contribution in [-0.4, -0.2) is 37.0 Å². The van der Waals surface area contributed by atoms with Gasteiger partial charge in [-0.2, -0.15) is 0 Å². The first kappa shape index (κ1) is 19.0. The number of nitrogens with one attached hydrogen (secondary N) is 1. The number of amides is 1. The van der Waals surface area contributed by atoms with Gasteiger partial charge >= 0.3 is 5.76 Å². The molecule has 9 nitrogen and oxygen atoms in total. The van der Waals surface area contributed by atoms with Gasteiger partial charge in [0.05, 0.1) is 27.0 Å². The first-order chi connectivity index (χ1) is 13.5. The number of hydrogen-bond donors (Lipinski definition) is 1. The maximum absolute atomic E-state index is 12.5. The molecule has 0 bridgehead atoms. The number of methoxy groups -OCH3 is 3. The third-order valence-corrected chi connectivity index (χ3v) is 4.02. The van der Waals surface area contributed by atoms with Crippen molar-refractivity contribution >= 4 is 11.6 Å². The van der Waals surface area contributed by atoms with Crippen molar-refractivity contribution in [3.63, 3.8) is 0 Å². The fraction of sp³-hybridized carbons (Fsp3) is 0.211. The van der Waals surface area contributed by atoms with Crippen molar-refractivity contribution in [3.8, 4) is 28.6 Å². The van der Waals surface area contributed by atoms with E-state index < -0.39 is 11.7 Å². The molecular formula is C19H19N3O6. The summed E-state index contributed by atoms with van der Waals surface area (Å²) < 4.78 is 21.4. The van der Waals surface area contributed by atoms with Gasteiger partial charge in [-0.05, 0) is 36.4 Å². The summed E-state index contributed by atoms with van der Waals surface area (Å²) in [6, 6.07) is 11.9. The van der Waals surface area contributed by atoms with Crippen LogP contribution in [0.25, 0.3) is 11.4 Å². The highest BCUT2D eigenvalue weighted by molar-refractivity contribution is 5.92. The molecule has 28 heavy (non-hydrogen) atoms. The van der Waals surface area contributed by atoms with Crippen LogP contribution in [0.3, 0.4) is 0 Å². The number of aromatic nitrogens is 2. The van der Waals surface area contributed by atoms with E-state index in [1.807, 2.05) is 0 Å². The Bertz CT molecular complexity index is 1020. The molecular weight excluding hydrogens is 366 g/mol. The van der Waals surface area contributed by atoms with E-state index in [-0.39, 0.29) is 12.4 Å². The van der Waals surface area contributed by atoms with Crippen LogP contribution in [0.4, 0.5) is 5.69 Å². The molecule has 1 heterocycles. The molecule has 0 aliphatic carbocycles. The summed E-state index contributed by atoms with van der Waals surface area (Å²) in [7, 11) is 4.56. The van der Waals surface area contributed by atoms with Gasteiger partial charge in [-0.1, -0.05) is 5.16 Å². The average Bonchev–Trinajstić information content (AvgIpc) is 3.08. The molecule has 1 amide bonds. The van der Waals surface area contributed by atoms with Crippen molar-refractivity contribution in [2.75, 3.05) is 26.6 Å². The molecule has 0 aliphatic heterocycles. The quantitative estimate of drug-likeness (QED) is 0.664. The second-order valence-electron chi connectivity index (χ2n) is 5.70. The molecule has 1 aromatic heterocycles. The van der Waals surface area contributed by atoms with Gasteiger partial charge in [-0.3, -0.25) is 9.32 Å². The van der Waals surface area contributed by atoms with Crippen molar-refractivity contribution in [3.05, 3.63) is 53.0 Å².